The Labute approximate surface area is 214 Å². The molecule has 2 aromatic carbocycles. The first-order valence-electron chi connectivity index (χ1n) is 10.6. The van der Waals surface area contributed by atoms with Crippen LogP contribution in [0.4, 0.5) is 16.2 Å². The van der Waals surface area contributed by atoms with Crippen LogP contribution < -0.4 is 16.0 Å². The number of urea groups is 1. The number of hydrogen-bond donors (Lipinski definition) is 3. The maximum Gasteiger partial charge on any atom is 0.338 e. The van der Waals surface area contributed by atoms with Crippen molar-refractivity contribution in [2.24, 2.45) is 5.92 Å². The molecule has 3 N–H and O–H groups in total. The number of amides is 2. The third-order valence-electron chi connectivity index (χ3n) is 5.22. The molecule has 0 saturated carbocycles. The van der Waals surface area contributed by atoms with Gasteiger partial charge in [-0.2, -0.15) is 0 Å². The molecule has 1 unspecified atom stereocenters. The predicted octanol–water partition coefficient (Wildman–Crippen LogP) is 5.97. The first-order chi connectivity index (χ1) is 16.1. The summed E-state index contributed by atoms with van der Waals surface area (Å²) in [5.41, 5.74) is 2.97. The van der Waals surface area contributed by atoms with Crippen LogP contribution in [0.15, 0.2) is 53.7 Å². The smallest absolute Gasteiger partial charge is 0.338 e. The highest BCUT2D eigenvalue weighted by atomic mass is 35.5. The van der Waals surface area contributed by atoms with Crippen LogP contribution in [-0.4, -0.2) is 35.7 Å². The van der Waals surface area contributed by atoms with E-state index in [2.05, 4.69) is 16.0 Å². The third kappa shape index (κ3) is 6.00. The molecule has 0 spiro atoms. The average Bonchev–Trinajstić information content (AvgIpc) is 2.79. The molecule has 0 fully saturated rings. The predicted molar refractivity (Wildman–Crippen MR) is 140 cm³/mol. The van der Waals surface area contributed by atoms with E-state index < -0.39 is 18.0 Å². The normalized spacial score (nSPS) is 15.8. The highest BCUT2D eigenvalue weighted by molar-refractivity contribution is 7.80. The van der Waals surface area contributed by atoms with Crippen molar-refractivity contribution in [3.05, 3.63) is 69.3 Å². The van der Waals surface area contributed by atoms with E-state index in [1.54, 1.807) is 42.3 Å². The van der Waals surface area contributed by atoms with Crippen molar-refractivity contribution < 1.29 is 14.3 Å². The van der Waals surface area contributed by atoms with Crippen molar-refractivity contribution in [3.8, 4) is 0 Å². The SMILES string of the molecule is CC1=C(C(=O)OCC(C)C)C(c2ccc(NC(=O)Nc3cccc(Cl)c3Cl)cc2)NC(=S)N1C. The van der Waals surface area contributed by atoms with Crippen LogP contribution in [0.25, 0.3) is 0 Å². The van der Waals surface area contributed by atoms with E-state index in [1.165, 1.54) is 0 Å². The summed E-state index contributed by atoms with van der Waals surface area (Å²) in [5.74, 6) is -0.171. The zero-order chi connectivity index (χ0) is 25.0. The van der Waals surface area contributed by atoms with Gasteiger partial charge in [0.15, 0.2) is 5.11 Å². The summed E-state index contributed by atoms with van der Waals surface area (Å²) < 4.78 is 5.51. The Hall–Kier alpha value is -2.81. The van der Waals surface area contributed by atoms with Gasteiger partial charge in [0.1, 0.15) is 0 Å². The summed E-state index contributed by atoms with van der Waals surface area (Å²) in [4.78, 5) is 27.1. The van der Waals surface area contributed by atoms with E-state index in [1.807, 2.05) is 32.9 Å². The fourth-order valence-corrected chi connectivity index (χ4v) is 3.92. The number of anilines is 2. The maximum atomic E-state index is 12.9. The molecule has 1 atom stereocenters. The third-order valence-corrected chi connectivity index (χ3v) is 6.43. The Bertz CT molecular complexity index is 1140. The van der Waals surface area contributed by atoms with Gasteiger partial charge in [-0.3, -0.25) is 0 Å². The highest BCUT2D eigenvalue weighted by Crippen LogP contribution is 2.32. The van der Waals surface area contributed by atoms with Crippen LogP contribution in [-0.2, 0) is 9.53 Å². The molecule has 2 aromatic rings. The maximum absolute atomic E-state index is 12.9. The van der Waals surface area contributed by atoms with Crippen LogP contribution >= 0.6 is 35.4 Å². The van der Waals surface area contributed by atoms with Crippen molar-refractivity contribution in [3.63, 3.8) is 0 Å². The monoisotopic (exact) mass is 520 g/mol. The molecule has 2 amide bonds. The van der Waals surface area contributed by atoms with E-state index in [9.17, 15) is 9.59 Å². The van der Waals surface area contributed by atoms with Crippen LogP contribution in [0.1, 0.15) is 32.4 Å². The summed E-state index contributed by atoms with van der Waals surface area (Å²) in [7, 11) is 1.80. The minimum Gasteiger partial charge on any atom is -0.462 e. The standard InChI is InChI=1S/C24H26Cl2N4O3S/c1-13(2)12-33-22(31)19-14(3)30(4)24(34)29-21(19)15-8-10-16(11-9-15)27-23(32)28-18-7-5-6-17(25)20(18)26/h5-11,13,21H,12H2,1-4H3,(H,29,34)(H2,27,28,32). The van der Waals surface area contributed by atoms with E-state index in [0.717, 1.165) is 11.3 Å². The molecule has 1 aliphatic rings. The lowest BCUT2D eigenvalue weighted by molar-refractivity contribution is -0.140. The van der Waals surface area contributed by atoms with Gasteiger partial charge in [-0.15, -0.1) is 0 Å². The number of thiocarbonyl (C=S) groups is 1. The van der Waals surface area contributed by atoms with Crippen LogP contribution in [0.3, 0.4) is 0 Å². The summed E-state index contributed by atoms with van der Waals surface area (Å²) in [6.45, 7) is 6.13. The lowest BCUT2D eigenvalue weighted by atomic mass is 9.95. The minimum atomic E-state index is -0.475. The van der Waals surface area contributed by atoms with Crippen molar-refractivity contribution in [2.45, 2.75) is 26.8 Å². The Morgan fingerprint density at radius 1 is 1.15 bits per heavy atom. The molecule has 7 nitrogen and oxygen atoms in total. The van der Waals surface area contributed by atoms with Gasteiger partial charge in [-0.05, 0) is 54.9 Å². The molecular formula is C24H26Cl2N4O3S. The van der Waals surface area contributed by atoms with Crippen LogP contribution in [0.2, 0.25) is 10.0 Å². The van der Waals surface area contributed by atoms with Gasteiger partial charge in [0.05, 0.1) is 34.0 Å². The number of benzene rings is 2. The number of rotatable bonds is 6. The van der Waals surface area contributed by atoms with Crippen LogP contribution in [0.5, 0.6) is 0 Å². The highest BCUT2D eigenvalue weighted by Gasteiger charge is 2.33. The molecule has 0 saturated heterocycles. The van der Waals surface area contributed by atoms with E-state index in [0.29, 0.717) is 33.7 Å². The molecule has 0 aromatic heterocycles. The summed E-state index contributed by atoms with van der Waals surface area (Å²) in [5, 5.41) is 9.74. The molecular weight excluding hydrogens is 495 g/mol. The molecule has 180 valence electrons. The molecule has 10 heteroatoms. The summed E-state index contributed by atoms with van der Waals surface area (Å²) in [6.07, 6.45) is 0. The first-order valence-corrected chi connectivity index (χ1v) is 11.8. The van der Waals surface area contributed by atoms with Crippen molar-refractivity contribution >= 4 is 63.9 Å². The number of nitrogens with zero attached hydrogens (tertiary/aromatic N) is 1. The molecule has 1 aliphatic heterocycles. The second-order valence-corrected chi connectivity index (χ2v) is 9.41. The number of halogens is 2. The van der Waals surface area contributed by atoms with Gasteiger partial charge in [0.25, 0.3) is 0 Å². The lowest BCUT2D eigenvalue weighted by Gasteiger charge is -2.35. The first kappa shape index (κ1) is 25.8. The minimum absolute atomic E-state index is 0.219. The molecule has 0 radical (unpaired) electrons. The number of hydrogen-bond acceptors (Lipinski definition) is 4. The quantitative estimate of drug-likeness (QED) is 0.321. The Kier molecular flexibility index (Phi) is 8.41. The average molecular weight is 521 g/mol. The second kappa shape index (κ2) is 11.1. The van der Waals surface area contributed by atoms with Gasteiger partial charge in [-0.25, -0.2) is 9.59 Å². The molecule has 34 heavy (non-hydrogen) atoms. The van der Waals surface area contributed by atoms with E-state index >= 15 is 0 Å². The number of nitrogens with one attached hydrogen (secondary N) is 3. The number of esters is 1. The number of carbonyl (C=O) groups excluding carboxylic acids is 2. The zero-order valence-electron chi connectivity index (χ0n) is 19.2. The topological polar surface area (TPSA) is 82.7 Å². The van der Waals surface area contributed by atoms with Crippen LogP contribution in [0, 0.1) is 5.92 Å². The van der Waals surface area contributed by atoms with E-state index in [-0.39, 0.29) is 10.9 Å². The van der Waals surface area contributed by atoms with E-state index in [4.69, 9.17) is 40.2 Å². The van der Waals surface area contributed by atoms with Crippen molar-refractivity contribution in [1.29, 1.82) is 0 Å². The lowest BCUT2D eigenvalue weighted by Crippen LogP contribution is -2.46. The van der Waals surface area contributed by atoms with Gasteiger partial charge in [0, 0.05) is 18.4 Å². The Morgan fingerprint density at radius 2 is 1.82 bits per heavy atom. The fourth-order valence-electron chi connectivity index (χ4n) is 3.31. The Morgan fingerprint density at radius 3 is 2.47 bits per heavy atom. The van der Waals surface area contributed by atoms with Crippen molar-refractivity contribution in [1.82, 2.24) is 10.2 Å². The molecule has 3 rings (SSSR count). The van der Waals surface area contributed by atoms with Gasteiger partial charge in [-0.1, -0.05) is 55.2 Å². The number of allylic oxidation sites excluding steroid dienone is 1. The Balaban J connectivity index is 1.77. The summed E-state index contributed by atoms with van der Waals surface area (Å²) >= 11 is 17.5. The van der Waals surface area contributed by atoms with Gasteiger partial charge < -0.3 is 25.6 Å². The fraction of sp³-hybridized carbons (Fsp3) is 0.292. The second-order valence-electron chi connectivity index (χ2n) is 8.24. The number of ether oxygens (including phenoxy) is 1. The number of carbonyl (C=O) groups is 2. The zero-order valence-corrected chi connectivity index (χ0v) is 21.6. The summed E-state index contributed by atoms with van der Waals surface area (Å²) in [6, 6.07) is 11.1. The molecule has 1 heterocycles. The largest absolute Gasteiger partial charge is 0.462 e. The van der Waals surface area contributed by atoms with Gasteiger partial charge >= 0.3 is 12.0 Å². The molecule has 0 aliphatic carbocycles. The van der Waals surface area contributed by atoms with Gasteiger partial charge in [0.2, 0.25) is 0 Å². The van der Waals surface area contributed by atoms with Crippen molar-refractivity contribution in [2.75, 3.05) is 24.3 Å². The molecule has 0 bridgehead atoms.